The van der Waals surface area contributed by atoms with E-state index in [1.807, 2.05) is 13.8 Å². The zero-order chi connectivity index (χ0) is 18.6. The van der Waals surface area contributed by atoms with Crippen LogP contribution in [0.5, 0.6) is 0 Å². The van der Waals surface area contributed by atoms with Crippen molar-refractivity contribution in [1.29, 1.82) is 0 Å². The van der Waals surface area contributed by atoms with E-state index < -0.39 is 5.91 Å². The number of primary amides is 1. The van der Waals surface area contributed by atoms with Crippen LogP contribution in [0.25, 0.3) is 0 Å². The van der Waals surface area contributed by atoms with Gasteiger partial charge in [-0.15, -0.1) is 11.3 Å². The highest BCUT2D eigenvalue weighted by Crippen LogP contribution is 2.28. The normalized spacial score (nSPS) is 12.0. The number of thiazole rings is 1. The predicted octanol–water partition coefficient (Wildman–Crippen LogP) is 2.93. The minimum Gasteiger partial charge on any atom is -0.369 e. The summed E-state index contributed by atoms with van der Waals surface area (Å²) in [4.78, 5) is 30.3. The lowest BCUT2D eigenvalue weighted by Gasteiger charge is -2.25. The minimum atomic E-state index is -0.396. The molecule has 134 valence electrons. The maximum absolute atomic E-state index is 13.0. The molecule has 1 aromatic carbocycles. The lowest BCUT2D eigenvalue weighted by molar-refractivity contribution is -0.129. The molecule has 0 aliphatic heterocycles. The number of aromatic nitrogens is 1. The first-order valence-corrected chi connectivity index (χ1v) is 9.46. The number of nitrogens with two attached hydrogens (primary N) is 1. The van der Waals surface area contributed by atoms with Gasteiger partial charge in [0.05, 0.1) is 23.9 Å². The molecule has 2 aromatic rings. The molecule has 1 atom stereocenters. The Hall–Kier alpha value is -1.93. The van der Waals surface area contributed by atoms with Crippen molar-refractivity contribution in [2.24, 2.45) is 5.73 Å². The number of carbonyl (C=O) groups is 2. The highest BCUT2D eigenvalue weighted by Gasteiger charge is 2.19. The molecule has 0 aliphatic carbocycles. The maximum Gasteiger partial charge on any atom is 0.233 e. The van der Waals surface area contributed by atoms with Gasteiger partial charge in [0.15, 0.2) is 4.34 Å². The van der Waals surface area contributed by atoms with E-state index in [9.17, 15) is 14.0 Å². The molecule has 2 rings (SSSR count). The van der Waals surface area contributed by atoms with Crippen LogP contribution in [0.4, 0.5) is 4.39 Å². The summed E-state index contributed by atoms with van der Waals surface area (Å²) in [7, 11) is 1.72. The summed E-state index contributed by atoms with van der Waals surface area (Å²) >= 11 is 2.72. The van der Waals surface area contributed by atoms with E-state index in [0.29, 0.717) is 0 Å². The van der Waals surface area contributed by atoms with Crippen molar-refractivity contribution in [3.63, 3.8) is 0 Å². The van der Waals surface area contributed by atoms with Gasteiger partial charge in [0.2, 0.25) is 11.8 Å². The van der Waals surface area contributed by atoms with Crippen molar-refractivity contribution < 1.29 is 14.0 Å². The van der Waals surface area contributed by atoms with Crippen LogP contribution in [0.1, 0.15) is 29.1 Å². The zero-order valence-corrected chi connectivity index (χ0v) is 15.9. The Morgan fingerprint density at radius 2 is 2.00 bits per heavy atom. The van der Waals surface area contributed by atoms with Crippen molar-refractivity contribution >= 4 is 34.9 Å². The fourth-order valence-electron chi connectivity index (χ4n) is 2.19. The number of hydrogen-bond acceptors (Lipinski definition) is 5. The van der Waals surface area contributed by atoms with E-state index in [1.165, 1.54) is 35.2 Å². The number of aryl methyl sites for hydroxylation is 1. The van der Waals surface area contributed by atoms with Gasteiger partial charge < -0.3 is 10.6 Å². The molecule has 0 radical (unpaired) electrons. The number of hydrogen-bond donors (Lipinski definition) is 1. The van der Waals surface area contributed by atoms with Gasteiger partial charge in [0.25, 0.3) is 0 Å². The van der Waals surface area contributed by atoms with Crippen LogP contribution in [-0.4, -0.2) is 34.5 Å². The molecule has 25 heavy (non-hydrogen) atoms. The standard InChI is InChI=1S/C17H20FN3O2S2/c1-10-14(8-15(19)22)25-17(20-10)24-9-16(23)21(3)11(2)12-4-6-13(18)7-5-12/h4-7,11H,8-9H2,1-3H3,(H2,19,22)/t11-/m1/s1. The lowest BCUT2D eigenvalue weighted by atomic mass is 10.1. The fraction of sp³-hybridized carbons (Fsp3) is 0.353. The van der Waals surface area contributed by atoms with Crippen LogP contribution >= 0.6 is 23.1 Å². The molecule has 1 aromatic heterocycles. The van der Waals surface area contributed by atoms with Crippen LogP contribution in [-0.2, 0) is 16.0 Å². The quantitative estimate of drug-likeness (QED) is 0.748. The van der Waals surface area contributed by atoms with Gasteiger partial charge >= 0.3 is 0 Å². The topological polar surface area (TPSA) is 76.3 Å². The molecule has 2 N–H and O–H groups in total. The first-order valence-electron chi connectivity index (χ1n) is 7.66. The first kappa shape index (κ1) is 19.4. The second-order valence-corrected chi connectivity index (χ2v) is 7.96. The summed E-state index contributed by atoms with van der Waals surface area (Å²) < 4.78 is 13.8. The summed E-state index contributed by atoms with van der Waals surface area (Å²) in [6, 6.07) is 5.97. The van der Waals surface area contributed by atoms with Gasteiger partial charge in [0.1, 0.15) is 5.82 Å². The number of amides is 2. The van der Waals surface area contributed by atoms with Crippen LogP contribution in [0.2, 0.25) is 0 Å². The Labute approximate surface area is 154 Å². The molecule has 0 bridgehead atoms. The van der Waals surface area contributed by atoms with E-state index in [4.69, 9.17) is 5.73 Å². The number of nitrogens with zero attached hydrogens (tertiary/aromatic N) is 2. The fourth-order valence-corrected chi connectivity index (χ4v) is 4.36. The largest absolute Gasteiger partial charge is 0.369 e. The zero-order valence-electron chi connectivity index (χ0n) is 14.3. The SMILES string of the molecule is Cc1nc(SCC(=O)N(C)[C@H](C)c2ccc(F)cc2)sc1CC(N)=O. The van der Waals surface area contributed by atoms with E-state index in [2.05, 4.69) is 4.98 Å². The molecule has 0 spiro atoms. The van der Waals surface area contributed by atoms with Gasteiger partial charge in [-0.25, -0.2) is 9.37 Å². The summed E-state index contributed by atoms with van der Waals surface area (Å²) in [5, 5.41) is 0. The minimum absolute atomic E-state index is 0.0499. The smallest absolute Gasteiger partial charge is 0.233 e. The van der Waals surface area contributed by atoms with Crippen LogP contribution < -0.4 is 5.73 Å². The Balaban J connectivity index is 1.95. The first-order chi connectivity index (χ1) is 11.8. The predicted molar refractivity (Wildman–Crippen MR) is 98.1 cm³/mol. The average molecular weight is 381 g/mol. The third-order valence-electron chi connectivity index (χ3n) is 3.85. The third-order valence-corrected chi connectivity index (χ3v) is 6.14. The number of benzene rings is 1. The van der Waals surface area contributed by atoms with Crippen LogP contribution in [0, 0.1) is 12.7 Å². The lowest BCUT2D eigenvalue weighted by Crippen LogP contribution is -2.31. The molecule has 0 aliphatic rings. The number of thioether (sulfide) groups is 1. The van der Waals surface area contributed by atoms with Gasteiger partial charge in [0, 0.05) is 11.9 Å². The maximum atomic E-state index is 13.0. The van der Waals surface area contributed by atoms with E-state index in [0.717, 1.165) is 20.5 Å². The van der Waals surface area contributed by atoms with Gasteiger partial charge in [-0.2, -0.15) is 0 Å². The summed E-state index contributed by atoms with van der Waals surface area (Å²) in [5.41, 5.74) is 6.85. The van der Waals surface area contributed by atoms with Crippen molar-refractivity contribution in [2.75, 3.05) is 12.8 Å². The molecule has 0 unspecified atom stereocenters. The van der Waals surface area contributed by atoms with Crippen molar-refractivity contribution in [3.8, 4) is 0 Å². The molecule has 1 heterocycles. The van der Waals surface area contributed by atoms with Crippen LogP contribution in [0.3, 0.4) is 0 Å². The number of halogens is 1. The monoisotopic (exact) mass is 381 g/mol. The molecule has 0 fully saturated rings. The van der Waals surface area contributed by atoms with Gasteiger partial charge in [-0.1, -0.05) is 23.9 Å². The Morgan fingerprint density at radius 1 is 1.36 bits per heavy atom. The highest BCUT2D eigenvalue weighted by molar-refractivity contribution is 8.01. The van der Waals surface area contributed by atoms with E-state index >= 15 is 0 Å². The number of carbonyl (C=O) groups excluding carboxylic acids is 2. The molecule has 0 saturated carbocycles. The Kier molecular flexibility index (Phi) is 6.55. The molecule has 5 nitrogen and oxygen atoms in total. The van der Waals surface area contributed by atoms with Crippen molar-refractivity contribution in [2.45, 2.75) is 30.6 Å². The second kappa shape index (κ2) is 8.44. The Bertz CT molecular complexity index is 762. The van der Waals surface area contributed by atoms with Crippen molar-refractivity contribution in [1.82, 2.24) is 9.88 Å². The van der Waals surface area contributed by atoms with Crippen LogP contribution in [0.15, 0.2) is 28.6 Å². The van der Waals surface area contributed by atoms with E-state index in [-0.39, 0.29) is 29.9 Å². The molecule has 0 saturated heterocycles. The molecule has 2 amide bonds. The molecular weight excluding hydrogens is 361 g/mol. The molecular formula is C17H20FN3O2S2. The number of rotatable bonds is 7. The summed E-state index contributed by atoms with van der Waals surface area (Å²) in [5.74, 6) is -0.505. The Morgan fingerprint density at radius 3 is 2.60 bits per heavy atom. The summed E-state index contributed by atoms with van der Waals surface area (Å²) in [6.07, 6.45) is 0.166. The van der Waals surface area contributed by atoms with Gasteiger partial charge in [-0.05, 0) is 31.5 Å². The third kappa shape index (κ3) is 5.27. The average Bonchev–Trinajstić information content (AvgIpc) is 2.91. The van der Waals surface area contributed by atoms with Gasteiger partial charge in [-0.3, -0.25) is 9.59 Å². The van der Waals surface area contributed by atoms with E-state index in [1.54, 1.807) is 24.1 Å². The van der Waals surface area contributed by atoms with Crippen molar-refractivity contribution in [3.05, 3.63) is 46.2 Å². The molecule has 8 heteroatoms. The second-order valence-electron chi connectivity index (χ2n) is 5.65. The summed E-state index contributed by atoms with van der Waals surface area (Å²) in [6.45, 7) is 3.72. The highest BCUT2D eigenvalue weighted by atomic mass is 32.2.